The average molecular weight is 331 g/mol. The van der Waals surface area contributed by atoms with Crippen molar-refractivity contribution in [1.82, 2.24) is 0 Å². The Hall–Kier alpha value is -2.18. The van der Waals surface area contributed by atoms with E-state index < -0.39 is 0 Å². The van der Waals surface area contributed by atoms with Gasteiger partial charge in [-0.3, -0.25) is 4.79 Å². The molecule has 6 heteroatoms. The number of nitrogens with one attached hydrogen (secondary N) is 1. The molecule has 0 spiro atoms. The summed E-state index contributed by atoms with van der Waals surface area (Å²) in [5, 5.41) is 5.64. The molecule has 0 atom stereocenters. The number of anilines is 1. The molecule has 1 aromatic carbocycles. The second-order valence-electron chi connectivity index (χ2n) is 4.52. The predicted molar refractivity (Wildman–Crippen MR) is 90.1 cm³/mol. The Bertz CT molecular complexity index is 821. The predicted octanol–water partition coefficient (Wildman–Crippen LogP) is 4.39. The highest BCUT2D eigenvalue weighted by molar-refractivity contribution is 7.20. The molecular weight excluding hydrogens is 318 g/mol. The van der Waals surface area contributed by atoms with Crippen LogP contribution >= 0.6 is 22.7 Å². The fourth-order valence-corrected chi connectivity index (χ4v) is 3.58. The zero-order valence-corrected chi connectivity index (χ0v) is 13.4. The van der Waals surface area contributed by atoms with Crippen LogP contribution in [-0.4, -0.2) is 18.5 Å². The van der Waals surface area contributed by atoms with Crippen molar-refractivity contribution < 1.29 is 14.3 Å². The van der Waals surface area contributed by atoms with E-state index in [9.17, 15) is 9.59 Å². The Labute approximate surface area is 135 Å². The largest absolute Gasteiger partial charge is 0.462 e. The highest BCUT2D eigenvalue weighted by Gasteiger charge is 2.12. The van der Waals surface area contributed by atoms with Crippen LogP contribution in [0.2, 0.25) is 0 Å². The van der Waals surface area contributed by atoms with E-state index in [-0.39, 0.29) is 11.9 Å². The van der Waals surface area contributed by atoms with Gasteiger partial charge in [0.15, 0.2) is 0 Å². The van der Waals surface area contributed by atoms with Crippen molar-refractivity contribution in [2.45, 2.75) is 6.92 Å². The van der Waals surface area contributed by atoms with Crippen LogP contribution < -0.4 is 5.32 Å². The standard InChI is InChI=1S/C16H13NO3S2/c1-2-20-16(19)14-9-10-8-11(5-6-12(10)22-14)17-15(18)13-4-3-7-21-13/h3-9H,2H2,1H3,(H,17,18). The van der Waals surface area contributed by atoms with Gasteiger partial charge >= 0.3 is 5.97 Å². The normalized spacial score (nSPS) is 10.6. The van der Waals surface area contributed by atoms with Crippen LogP contribution in [0.25, 0.3) is 10.1 Å². The molecule has 1 N–H and O–H groups in total. The number of rotatable bonds is 4. The van der Waals surface area contributed by atoms with Crippen LogP contribution in [0.4, 0.5) is 5.69 Å². The lowest BCUT2D eigenvalue weighted by molar-refractivity contribution is 0.0532. The highest BCUT2D eigenvalue weighted by atomic mass is 32.1. The zero-order chi connectivity index (χ0) is 15.5. The van der Waals surface area contributed by atoms with Gasteiger partial charge in [-0.2, -0.15) is 0 Å². The molecule has 0 bridgehead atoms. The monoisotopic (exact) mass is 331 g/mol. The average Bonchev–Trinajstić information content (AvgIpc) is 3.16. The van der Waals surface area contributed by atoms with E-state index in [1.807, 2.05) is 29.6 Å². The van der Waals surface area contributed by atoms with Gasteiger partial charge in [-0.1, -0.05) is 6.07 Å². The first kappa shape index (κ1) is 14.7. The number of thiophene rings is 2. The zero-order valence-electron chi connectivity index (χ0n) is 11.8. The van der Waals surface area contributed by atoms with E-state index in [4.69, 9.17) is 4.74 Å². The number of carbonyl (C=O) groups excluding carboxylic acids is 2. The fourth-order valence-electron chi connectivity index (χ4n) is 2.02. The Morgan fingerprint density at radius 3 is 2.77 bits per heavy atom. The smallest absolute Gasteiger partial charge is 0.348 e. The van der Waals surface area contributed by atoms with Crippen LogP contribution in [-0.2, 0) is 4.74 Å². The van der Waals surface area contributed by atoms with Crippen LogP contribution in [0, 0.1) is 0 Å². The van der Waals surface area contributed by atoms with Gasteiger partial charge in [0.2, 0.25) is 0 Å². The van der Waals surface area contributed by atoms with Crippen molar-refractivity contribution in [2.75, 3.05) is 11.9 Å². The van der Waals surface area contributed by atoms with E-state index in [2.05, 4.69) is 5.32 Å². The summed E-state index contributed by atoms with van der Waals surface area (Å²) in [4.78, 5) is 25.0. The topological polar surface area (TPSA) is 55.4 Å². The number of benzene rings is 1. The van der Waals surface area contributed by atoms with Gasteiger partial charge in [0.25, 0.3) is 5.91 Å². The summed E-state index contributed by atoms with van der Waals surface area (Å²) in [7, 11) is 0. The van der Waals surface area contributed by atoms with Gasteiger partial charge in [-0.15, -0.1) is 22.7 Å². The van der Waals surface area contributed by atoms with Gasteiger partial charge in [-0.25, -0.2) is 4.79 Å². The third-order valence-electron chi connectivity index (χ3n) is 3.00. The minimum absolute atomic E-state index is 0.129. The van der Waals surface area contributed by atoms with Crippen molar-refractivity contribution in [3.8, 4) is 0 Å². The summed E-state index contributed by atoms with van der Waals surface area (Å²) in [6, 6.07) is 11.0. The molecular formula is C16H13NO3S2. The van der Waals surface area contributed by atoms with Crippen molar-refractivity contribution >= 4 is 50.3 Å². The number of ether oxygens (including phenoxy) is 1. The number of hydrogen-bond donors (Lipinski definition) is 1. The second-order valence-corrected chi connectivity index (χ2v) is 6.55. The molecule has 112 valence electrons. The molecule has 0 unspecified atom stereocenters. The maximum Gasteiger partial charge on any atom is 0.348 e. The van der Waals surface area contributed by atoms with Gasteiger partial charge in [0.1, 0.15) is 4.88 Å². The van der Waals surface area contributed by atoms with Crippen LogP contribution in [0.3, 0.4) is 0 Å². The SMILES string of the molecule is CCOC(=O)c1cc2cc(NC(=O)c3cccs3)ccc2s1. The van der Waals surface area contributed by atoms with Crippen molar-refractivity contribution in [2.24, 2.45) is 0 Å². The van der Waals surface area contributed by atoms with Gasteiger partial charge in [0, 0.05) is 10.4 Å². The van der Waals surface area contributed by atoms with Gasteiger partial charge in [0.05, 0.1) is 11.5 Å². The van der Waals surface area contributed by atoms with Crippen LogP contribution in [0.1, 0.15) is 26.3 Å². The third-order valence-corrected chi connectivity index (χ3v) is 4.96. The van der Waals surface area contributed by atoms with E-state index >= 15 is 0 Å². The molecule has 4 nitrogen and oxygen atoms in total. The summed E-state index contributed by atoms with van der Waals surface area (Å²) in [5.41, 5.74) is 0.708. The molecule has 0 aliphatic heterocycles. The Morgan fingerprint density at radius 1 is 1.18 bits per heavy atom. The number of carbonyl (C=O) groups is 2. The van der Waals surface area contributed by atoms with E-state index in [1.165, 1.54) is 22.7 Å². The Balaban J connectivity index is 1.83. The maximum absolute atomic E-state index is 12.0. The molecule has 22 heavy (non-hydrogen) atoms. The summed E-state index contributed by atoms with van der Waals surface area (Å²) >= 11 is 2.78. The van der Waals surface area contributed by atoms with E-state index in [0.29, 0.717) is 22.0 Å². The van der Waals surface area contributed by atoms with E-state index in [0.717, 1.165) is 10.1 Å². The van der Waals surface area contributed by atoms with Crippen molar-refractivity contribution in [1.29, 1.82) is 0 Å². The first-order valence-electron chi connectivity index (χ1n) is 6.73. The lowest BCUT2D eigenvalue weighted by atomic mass is 10.2. The molecule has 0 saturated carbocycles. The number of fused-ring (bicyclic) bond motifs is 1. The maximum atomic E-state index is 12.0. The molecule has 1 amide bonds. The first-order chi connectivity index (χ1) is 10.7. The fraction of sp³-hybridized carbons (Fsp3) is 0.125. The molecule has 0 fully saturated rings. The minimum atomic E-state index is -0.312. The minimum Gasteiger partial charge on any atom is -0.462 e. The molecule has 0 aliphatic carbocycles. The second kappa shape index (κ2) is 6.29. The summed E-state index contributed by atoms with van der Waals surface area (Å²) in [6.07, 6.45) is 0. The number of amides is 1. The first-order valence-corrected chi connectivity index (χ1v) is 8.42. The third kappa shape index (κ3) is 3.03. The van der Waals surface area contributed by atoms with Crippen molar-refractivity contribution in [3.63, 3.8) is 0 Å². The molecule has 0 radical (unpaired) electrons. The number of esters is 1. The Morgan fingerprint density at radius 2 is 2.05 bits per heavy atom. The molecule has 2 heterocycles. The Kier molecular flexibility index (Phi) is 4.22. The summed E-state index contributed by atoms with van der Waals surface area (Å²) in [5.74, 6) is -0.442. The van der Waals surface area contributed by atoms with Crippen molar-refractivity contribution in [3.05, 3.63) is 51.5 Å². The lowest BCUT2D eigenvalue weighted by Crippen LogP contribution is -2.09. The molecule has 0 saturated heterocycles. The molecule has 2 aromatic heterocycles. The van der Waals surface area contributed by atoms with Crippen LogP contribution in [0.15, 0.2) is 41.8 Å². The quantitative estimate of drug-likeness (QED) is 0.721. The number of hydrogen-bond acceptors (Lipinski definition) is 5. The van der Waals surface area contributed by atoms with Gasteiger partial charge < -0.3 is 10.1 Å². The van der Waals surface area contributed by atoms with Gasteiger partial charge in [-0.05, 0) is 48.0 Å². The summed E-state index contributed by atoms with van der Waals surface area (Å²) < 4.78 is 5.99. The summed E-state index contributed by atoms with van der Waals surface area (Å²) in [6.45, 7) is 2.14. The lowest BCUT2D eigenvalue weighted by Gasteiger charge is -2.03. The molecule has 0 aliphatic rings. The van der Waals surface area contributed by atoms with Crippen LogP contribution in [0.5, 0.6) is 0 Å². The molecule has 3 aromatic rings. The molecule has 3 rings (SSSR count). The highest BCUT2D eigenvalue weighted by Crippen LogP contribution is 2.29. The van der Waals surface area contributed by atoms with E-state index in [1.54, 1.807) is 19.1 Å².